The number of carbonyl (C=O) groups is 2. The number of nitrogens with one attached hydrogen (secondary N) is 1. The lowest BCUT2D eigenvalue weighted by atomic mass is 10.2. The first-order valence-corrected chi connectivity index (χ1v) is 12.3. The number of nitrogens with zero attached hydrogens (tertiary/aromatic N) is 6. The quantitative estimate of drug-likeness (QED) is 0.578. The van der Waals surface area contributed by atoms with Gasteiger partial charge in [0.15, 0.2) is 5.13 Å². The number of aromatic nitrogens is 3. The molecule has 0 unspecified atom stereocenters. The molecule has 176 valence electrons. The van der Waals surface area contributed by atoms with Gasteiger partial charge in [-0.05, 0) is 24.3 Å². The van der Waals surface area contributed by atoms with Crippen LogP contribution in [0, 0.1) is 0 Å². The third-order valence-corrected chi connectivity index (χ3v) is 7.26. The predicted octanol–water partition coefficient (Wildman–Crippen LogP) is 2.55. The van der Waals surface area contributed by atoms with Crippen LogP contribution in [-0.4, -0.2) is 75.8 Å². The van der Waals surface area contributed by atoms with Gasteiger partial charge < -0.3 is 9.80 Å². The summed E-state index contributed by atoms with van der Waals surface area (Å²) in [6.07, 6.45) is 5.18. The molecule has 1 aromatic carbocycles. The fourth-order valence-corrected chi connectivity index (χ4v) is 5.34. The number of carbonyl (C=O) groups excluding carboxylic acids is 2. The van der Waals surface area contributed by atoms with E-state index in [0.717, 1.165) is 47.3 Å². The molecule has 9 nitrogen and oxygen atoms in total. The van der Waals surface area contributed by atoms with Gasteiger partial charge in [-0.3, -0.25) is 24.8 Å². The van der Waals surface area contributed by atoms with Crippen molar-refractivity contribution in [3.63, 3.8) is 0 Å². The van der Waals surface area contributed by atoms with E-state index in [-0.39, 0.29) is 17.5 Å². The van der Waals surface area contributed by atoms with E-state index in [1.165, 1.54) is 29.9 Å². The number of thiazole rings is 1. The molecule has 0 saturated carbocycles. The highest BCUT2D eigenvalue weighted by Crippen LogP contribution is 2.28. The first kappa shape index (κ1) is 22.7. The number of benzene rings is 1. The van der Waals surface area contributed by atoms with Crippen LogP contribution in [0.2, 0.25) is 5.02 Å². The molecule has 2 aliphatic rings. The Morgan fingerprint density at radius 2 is 1.85 bits per heavy atom. The highest BCUT2D eigenvalue weighted by Gasteiger charge is 2.26. The Hall–Kier alpha value is -3.08. The Bertz CT molecular complexity index is 1160. The molecule has 0 aliphatic carbocycles. The maximum Gasteiger partial charge on any atom is 0.277 e. The van der Waals surface area contributed by atoms with E-state index in [1.54, 1.807) is 0 Å². The minimum atomic E-state index is -0.330. The molecule has 0 bridgehead atoms. The second-order valence-electron chi connectivity index (χ2n) is 8.24. The average molecular weight is 498 g/mol. The SMILES string of the molecule is O=C(Nc1nc2c(s1)CN(CC(=O)N1CCN(c3ccc(Cl)cc3)CC1)CC2)c1cnccn1. The van der Waals surface area contributed by atoms with E-state index >= 15 is 0 Å². The summed E-state index contributed by atoms with van der Waals surface area (Å²) in [5.74, 6) is -0.177. The van der Waals surface area contributed by atoms with Gasteiger partial charge in [0.05, 0.1) is 18.4 Å². The van der Waals surface area contributed by atoms with Gasteiger partial charge in [0.2, 0.25) is 5.91 Å². The molecular weight excluding hydrogens is 474 g/mol. The molecule has 34 heavy (non-hydrogen) atoms. The van der Waals surface area contributed by atoms with Crippen LogP contribution in [0.1, 0.15) is 21.1 Å². The molecule has 5 rings (SSSR count). The molecule has 11 heteroatoms. The number of fused-ring (bicyclic) bond motifs is 1. The molecule has 2 aliphatic heterocycles. The summed E-state index contributed by atoms with van der Waals surface area (Å²) in [6, 6.07) is 7.82. The van der Waals surface area contributed by atoms with Crippen LogP contribution in [0.3, 0.4) is 0 Å². The molecule has 3 aromatic rings. The molecular formula is C23H24ClN7O2S. The molecule has 1 saturated heterocycles. The molecule has 0 atom stereocenters. The summed E-state index contributed by atoms with van der Waals surface area (Å²) in [5.41, 5.74) is 2.37. The fourth-order valence-electron chi connectivity index (χ4n) is 4.17. The predicted molar refractivity (Wildman–Crippen MR) is 131 cm³/mol. The topological polar surface area (TPSA) is 94.6 Å². The molecule has 2 amide bonds. The molecule has 2 aromatic heterocycles. The first-order chi connectivity index (χ1) is 16.5. The van der Waals surface area contributed by atoms with Gasteiger partial charge in [0, 0.05) is 73.7 Å². The van der Waals surface area contributed by atoms with Gasteiger partial charge in [-0.2, -0.15) is 0 Å². The van der Waals surface area contributed by atoms with Crippen molar-refractivity contribution < 1.29 is 9.59 Å². The van der Waals surface area contributed by atoms with E-state index in [9.17, 15) is 9.59 Å². The van der Waals surface area contributed by atoms with Crippen molar-refractivity contribution in [1.29, 1.82) is 0 Å². The van der Waals surface area contributed by atoms with E-state index in [4.69, 9.17) is 11.6 Å². The Balaban J connectivity index is 1.13. The summed E-state index contributed by atoms with van der Waals surface area (Å²) < 4.78 is 0. The van der Waals surface area contributed by atoms with Crippen LogP contribution >= 0.6 is 22.9 Å². The number of anilines is 2. The molecule has 0 spiro atoms. The largest absolute Gasteiger partial charge is 0.368 e. The van der Waals surface area contributed by atoms with Crippen LogP contribution < -0.4 is 10.2 Å². The number of rotatable bonds is 5. The first-order valence-electron chi connectivity index (χ1n) is 11.1. The van der Waals surface area contributed by atoms with Crippen LogP contribution in [0.15, 0.2) is 42.9 Å². The summed E-state index contributed by atoms with van der Waals surface area (Å²) in [4.78, 5) is 45.2. The molecule has 4 heterocycles. The Labute approximate surface area is 206 Å². The zero-order valence-electron chi connectivity index (χ0n) is 18.5. The van der Waals surface area contributed by atoms with Crippen molar-refractivity contribution in [1.82, 2.24) is 24.8 Å². The van der Waals surface area contributed by atoms with E-state index in [0.29, 0.717) is 31.3 Å². The Morgan fingerprint density at radius 1 is 1.06 bits per heavy atom. The number of piperazine rings is 1. The second-order valence-corrected chi connectivity index (χ2v) is 9.76. The summed E-state index contributed by atoms with van der Waals surface area (Å²) in [6.45, 7) is 4.84. The summed E-state index contributed by atoms with van der Waals surface area (Å²) in [7, 11) is 0. The standard InChI is InChI=1S/C23H24ClN7O2S/c24-16-1-3-17(4-2-16)30-9-11-31(12-10-30)21(32)15-29-8-5-18-20(14-29)34-23(27-18)28-22(33)19-13-25-6-7-26-19/h1-4,6-7,13H,5,8-12,14-15H2,(H,27,28,33). The van der Waals surface area contributed by atoms with Crippen LogP contribution in [0.4, 0.5) is 10.8 Å². The zero-order chi connectivity index (χ0) is 23.5. The van der Waals surface area contributed by atoms with E-state index < -0.39 is 0 Å². The van der Waals surface area contributed by atoms with Crippen molar-refractivity contribution >= 4 is 45.6 Å². The van der Waals surface area contributed by atoms with Crippen LogP contribution in [0.5, 0.6) is 0 Å². The zero-order valence-corrected chi connectivity index (χ0v) is 20.1. The van der Waals surface area contributed by atoms with Gasteiger partial charge >= 0.3 is 0 Å². The third-order valence-electron chi connectivity index (χ3n) is 6.01. The maximum atomic E-state index is 12.9. The minimum absolute atomic E-state index is 0.153. The lowest BCUT2D eigenvalue weighted by Gasteiger charge is -2.37. The fraction of sp³-hybridized carbons (Fsp3) is 0.348. The number of amides is 2. The van der Waals surface area contributed by atoms with Gasteiger partial charge in [0.25, 0.3) is 5.91 Å². The maximum absolute atomic E-state index is 12.9. The molecule has 0 radical (unpaired) electrons. The van der Waals surface area contributed by atoms with Crippen molar-refractivity contribution in [3.8, 4) is 0 Å². The Morgan fingerprint density at radius 3 is 2.59 bits per heavy atom. The van der Waals surface area contributed by atoms with Crippen molar-refractivity contribution in [2.24, 2.45) is 0 Å². The van der Waals surface area contributed by atoms with Crippen molar-refractivity contribution in [2.75, 3.05) is 49.5 Å². The van der Waals surface area contributed by atoms with Gasteiger partial charge in [0.1, 0.15) is 5.69 Å². The highest BCUT2D eigenvalue weighted by molar-refractivity contribution is 7.15. The van der Waals surface area contributed by atoms with Crippen LogP contribution in [-0.2, 0) is 17.8 Å². The number of hydrogen-bond acceptors (Lipinski definition) is 8. The molecule has 1 fully saturated rings. The normalized spacial score (nSPS) is 16.3. The number of hydrogen-bond donors (Lipinski definition) is 1. The third kappa shape index (κ3) is 5.19. The van der Waals surface area contributed by atoms with E-state index in [2.05, 4.69) is 30.1 Å². The lowest BCUT2D eigenvalue weighted by molar-refractivity contribution is -0.132. The van der Waals surface area contributed by atoms with Gasteiger partial charge in [-0.15, -0.1) is 11.3 Å². The second kappa shape index (κ2) is 10.0. The summed E-state index contributed by atoms with van der Waals surface area (Å²) in [5, 5.41) is 4.08. The minimum Gasteiger partial charge on any atom is -0.368 e. The molecule has 1 N–H and O–H groups in total. The average Bonchev–Trinajstić information content (AvgIpc) is 3.26. The van der Waals surface area contributed by atoms with Gasteiger partial charge in [-0.1, -0.05) is 11.6 Å². The van der Waals surface area contributed by atoms with Crippen molar-refractivity contribution in [3.05, 3.63) is 64.1 Å². The lowest BCUT2D eigenvalue weighted by Crippen LogP contribution is -2.51. The Kier molecular flexibility index (Phi) is 6.70. The van der Waals surface area contributed by atoms with Crippen LogP contribution in [0.25, 0.3) is 0 Å². The van der Waals surface area contributed by atoms with Crippen molar-refractivity contribution in [2.45, 2.75) is 13.0 Å². The van der Waals surface area contributed by atoms with E-state index in [1.807, 2.05) is 29.2 Å². The highest BCUT2D eigenvalue weighted by atomic mass is 35.5. The summed E-state index contributed by atoms with van der Waals surface area (Å²) >= 11 is 7.44. The smallest absolute Gasteiger partial charge is 0.277 e. The van der Waals surface area contributed by atoms with Gasteiger partial charge in [-0.25, -0.2) is 9.97 Å². The monoisotopic (exact) mass is 497 g/mol. The number of halogens is 1.